The fourth-order valence-corrected chi connectivity index (χ4v) is 2.84. The van der Waals surface area contributed by atoms with E-state index >= 15 is 0 Å². The lowest BCUT2D eigenvalue weighted by Gasteiger charge is -2.03. The summed E-state index contributed by atoms with van der Waals surface area (Å²) in [6, 6.07) is 13.6. The first-order chi connectivity index (χ1) is 12.5. The van der Waals surface area contributed by atoms with Crippen LogP contribution < -0.4 is 5.56 Å². The van der Waals surface area contributed by atoms with Crippen molar-refractivity contribution in [1.82, 2.24) is 14.6 Å². The van der Waals surface area contributed by atoms with Crippen LogP contribution in [0.4, 0.5) is 5.69 Å². The third-order valence-corrected chi connectivity index (χ3v) is 4.07. The number of rotatable bonds is 3. The van der Waals surface area contributed by atoms with Crippen LogP contribution in [0.25, 0.3) is 21.9 Å². The Kier molecular flexibility index (Phi) is 3.58. The highest BCUT2D eigenvalue weighted by Gasteiger charge is 2.12. The van der Waals surface area contributed by atoms with E-state index in [0.717, 1.165) is 10.9 Å². The summed E-state index contributed by atoms with van der Waals surface area (Å²) in [5, 5.41) is 15.9. The van der Waals surface area contributed by atoms with Crippen molar-refractivity contribution in [3.05, 3.63) is 80.4 Å². The molecule has 0 atom stereocenters. The third kappa shape index (κ3) is 2.53. The SMILES string of the molecule is Cc1nc2c([nH]c3ccccc32)c(=O)n1/N=C\c1cccc([N+](=O)[O-])c1. The van der Waals surface area contributed by atoms with Crippen LogP contribution in [0.15, 0.2) is 58.4 Å². The summed E-state index contributed by atoms with van der Waals surface area (Å²) in [4.78, 5) is 30.7. The molecule has 4 aromatic rings. The summed E-state index contributed by atoms with van der Waals surface area (Å²) in [7, 11) is 0. The smallest absolute Gasteiger partial charge is 0.298 e. The Morgan fingerprint density at radius 2 is 2.04 bits per heavy atom. The van der Waals surface area contributed by atoms with Crippen molar-refractivity contribution in [3.8, 4) is 0 Å². The minimum absolute atomic E-state index is 0.0396. The van der Waals surface area contributed by atoms with Crippen LogP contribution in [-0.2, 0) is 0 Å². The molecule has 2 heterocycles. The van der Waals surface area contributed by atoms with Gasteiger partial charge in [-0.15, -0.1) is 0 Å². The van der Waals surface area contributed by atoms with Crippen LogP contribution in [-0.4, -0.2) is 25.8 Å². The molecule has 0 spiro atoms. The molecule has 0 amide bonds. The normalized spacial score (nSPS) is 11.6. The molecule has 2 aromatic heterocycles. The number of aryl methyl sites for hydroxylation is 1. The molecule has 0 radical (unpaired) electrons. The van der Waals surface area contributed by atoms with Crippen LogP contribution in [0.2, 0.25) is 0 Å². The van der Waals surface area contributed by atoms with Gasteiger partial charge < -0.3 is 4.98 Å². The summed E-state index contributed by atoms with van der Waals surface area (Å²) in [5.74, 6) is 0.425. The maximum Gasteiger partial charge on any atom is 0.298 e. The second kappa shape index (κ2) is 5.92. The van der Waals surface area contributed by atoms with Gasteiger partial charge in [0.15, 0.2) is 0 Å². The fourth-order valence-electron chi connectivity index (χ4n) is 2.84. The number of hydrogen-bond acceptors (Lipinski definition) is 5. The number of aromatic amines is 1. The van der Waals surface area contributed by atoms with Gasteiger partial charge in [0.1, 0.15) is 16.9 Å². The van der Waals surface area contributed by atoms with Gasteiger partial charge in [-0.05, 0) is 13.0 Å². The van der Waals surface area contributed by atoms with Crippen LogP contribution in [0.3, 0.4) is 0 Å². The summed E-state index contributed by atoms with van der Waals surface area (Å²) in [5.41, 5.74) is 1.94. The van der Waals surface area contributed by atoms with Crippen molar-refractivity contribution in [2.45, 2.75) is 6.92 Å². The fraction of sp³-hybridized carbons (Fsp3) is 0.0556. The van der Waals surface area contributed by atoms with Crippen molar-refractivity contribution < 1.29 is 4.92 Å². The van der Waals surface area contributed by atoms with Crippen LogP contribution in [0.5, 0.6) is 0 Å². The van der Waals surface area contributed by atoms with E-state index in [1.807, 2.05) is 24.3 Å². The van der Waals surface area contributed by atoms with Crippen LogP contribution in [0.1, 0.15) is 11.4 Å². The summed E-state index contributed by atoms with van der Waals surface area (Å²) in [6.45, 7) is 1.69. The molecule has 4 rings (SSSR count). The Bertz CT molecular complexity index is 1250. The third-order valence-electron chi connectivity index (χ3n) is 4.07. The lowest BCUT2D eigenvalue weighted by Crippen LogP contribution is -2.20. The van der Waals surface area contributed by atoms with Crippen LogP contribution in [0, 0.1) is 17.0 Å². The first-order valence-corrected chi connectivity index (χ1v) is 7.83. The van der Waals surface area contributed by atoms with Gasteiger partial charge in [-0.25, -0.2) is 4.98 Å². The van der Waals surface area contributed by atoms with Crippen molar-refractivity contribution in [2.75, 3.05) is 0 Å². The Labute approximate surface area is 146 Å². The quantitative estimate of drug-likeness (QED) is 0.349. The maximum absolute atomic E-state index is 12.8. The predicted molar refractivity (Wildman–Crippen MR) is 98.7 cm³/mol. The molecular formula is C18H13N5O3. The van der Waals surface area contributed by atoms with Gasteiger partial charge in [-0.3, -0.25) is 14.9 Å². The average molecular weight is 347 g/mol. The number of para-hydroxylation sites is 1. The zero-order valence-electron chi connectivity index (χ0n) is 13.7. The average Bonchev–Trinajstić information content (AvgIpc) is 3.01. The minimum Gasteiger partial charge on any atom is -0.349 e. The first kappa shape index (κ1) is 15.7. The van der Waals surface area contributed by atoms with Crippen LogP contribution >= 0.6 is 0 Å². The Balaban J connectivity index is 1.84. The summed E-state index contributed by atoms with van der Waals surface area (Å²) >= 11 is 0. The molecule has 0 unspecified atom stereocenters. The van der Waals surface area contributed by atoms with E-state index in [-0.39, 0.29) is 11.2 Å². The second-order valence-corrected chi connectivity index (χ2v) is 5.77. The Morgan fingerprint density at radius 3 is 2.85 bits per heavy atom. The number of nitro groups is 1. The Morgan fingerprint density at radius 1 is 1.23 bits per heavy atom. The molecule has 2 aromatic carbocycles. The molecule has 0 aliphatic heterocycles. The number of nitro benzene ring substituents is 1. The summed E-state index contributed by atoms with van der Waals surface area (Å²) in [6.07, 6.45) is 1.40. The van der Waals surface area contributed by atoms with Gasteiger partial charge in [0.05, 0.1) is 11.1 Å². The number of H-pyrrole nitrogens is 1. The molecule has 26 heavy (non-hydrogen) atoms. The van der Waals surface area contributed by atoms with E-state index in [1.54, 1.807) is 19.1 Å². The molecule has 0 aliphatic rings. The van der Waals surface area contributed by atoms with Gasteiger partial charge in [0.2, 0.25) is 0 Å². The number of non-ortho nitro benzene ring substituents is 1. The highest BCUT2D eigenvalue weighted by Crippen LogP contribution is 2.21. The monoisotopic (exact) mass is 347 g/mol. The molecule has 8 heteroatoms. The van der Waals surface area contributed by atoms with E-state index < -0.39 is 4.92 Å². The van der Waals surface area contributed by atoms with Gasteiger partial charge in [-0.1, -0.05) is 30.3 Å². The standard InChI is InChI=1S/C18H13N5O3/c1-11-20-16-14-7-2-3-8-15(14)21-17(16)18(24)22(11)19-10-12-5-4-6-13(9-12)23(25)26/h2-10,21H,1H3/b19-10-. The zero-order valence-corrected chi connectivity index (χ0v) is 13.7. The molecular weight excluding hydrogens is 334 g/mol. The second-order valence-electron chi connectivity index (χ2n) is 5.77. The number of hydrogen-bond donors (Lipinski definition) is 1. The van der Waals surface area contributed by atoms with Crippen molar-refractivity contribution in [1.29, 1.82) is 0 Å². The zero-order chi connectivity index (χ0) is 18.3. The van der Waals surface area contributed by atoms with E-state index in [0.29, 0.717) is 22.4 Å². The molecule has 0 saturated heterocycles. The lowest BCUT2D eigenvalue weighted by atomic mass is 10.2. The molecule has 1 N–H and O–H groups in total. The van der Waals surface area contributed by atoms with E-state index in [2.05, 4.69) is 15.1 Å². The number of aromatic nitrogens is 3. The Hall–Kier alpha value is -3.81. The van der Waals surface area contributed by atoms with Crippen molar-refractivity contribution in [2.24, 2.45) is 5.10 Å². The van der Waals surface area contributed by atoms with Crippen molar-refractivity contribution in [3.63, 3.8) is 0 Å². The molecule has 0 aliphatic carbocycles. The molecule has 0 saturated carbocycles. The lowest BCUT2D eigenvalue weighted by molar-refractivity contribution is -0.384. The van der Waals surface area contributed by atoms with Gasteiger partial charge >= 0.3 is 0 Å². The minimum atomic E-state index is -0.479. The summed E-state index contributed by atoms with van der Waals surface area (Å²) < 4.78 is 1.18. The molecule has 128 valence electrons. The predicted octanol–water partition coefficient (Wildman–Crippen LogP) is 2.98. The van der Waals surface area contributed by atoms with Gasteiger partial charge in [0.25, 0.3) is 11.2 Å². The highest BCUT2D eigenvalue weighted by atomic mass is 16.6. The van der Waals surface area contributed by atoms with E-state index in [1.165, 1.54) is 23.0 Å². The highest BCUT2D eigenvalue weighted by molar-refractivity contribution is 6.04. The van der Waals surface area contributed by atoms with Gasteiger partial charge in [0, 0.05) is 28.6 Å². The number of nitrogens with zero attached hydrogens (tertiary/aromatic N) is 4. The maximum atomic E-state index is 12.8. The largest absolute Gasteiger partial charge is 0.349 e. The van der Waals surface area contributed by atoms with E-state index in [9.17, 15) is 14.9 Å². The molecule has 0 bridgehead atoms. The number of fused-ring (bicyclic) bond motifs is 3. The first-order valence-electron chi connectivity index (χ1n) is 7.83. The van der Waals surface area contributed by atoms with Crippen molar-refractivity contribution >= 4 is 33.8 Å². The number of benzene rings is 2. The molecule has 8 nitrogen and oxygen atoms in total. The molecule has 0 fully saturated rings. The van der Waals surface area contributed by atoms with Gasteiger partial charge in [-0.2, -0.15) is 9.78 Å². The topological polar surface area (TPSA) is 106 Å². The number of nitrogens with one attached hydrogen (secondary N) is 1. The van der Waals surface area contributed by atoms with E-state index in [4.69, 9.17) is 0 Å².